The van der Waals surface area contributed by atoms with Crippen LogP contribution in [0.25, 0.3) is 0 Å². The summed E-state index contributed by atoms with van der Waals surface area (Å²) < 4.78 is 27.8. The Morgan fingerprint density at radius 3 is 2.50 bits per heavy atom. The van der Waals surface area contributed by atoms with E-state index in [2.05, 4.69) is 0 Å². The highest BCUT2D eigenvalue weighted by molar-refractivity contribution is 7.91. The molecule has 0 bridgehead atoms. The molecule has 18 heavy (non-hydrogen) atoms. The Bertz CT molecular complexity index is 417. The van der Waals surface area contributed by atoms with E-state index in [1.165, 1.54) is 18.9 Å². The number of rotatable bonds is 6. The minimum absolute atomic E-state index is 0.0135. The van der Waals surface area contributed by atoms with Crippen LogP contribution in [0.2, 0.25) is 0 Å². The Balaban J connectivity index is 2.72. The summed E-state index contributed by atoms with van der Waals surface area (Å²) in [6, 6.07) is -0.322. The minimum atomic E-state index is -3.05. The summed E-state index contributed by atoms with van der Waals surface area (Å²) in [5.74, 6) is -0.445. The average molecular weight is 277 g/mol. The molecular weight excluding hydrogens is 258 g/mol. The monoisotopic (exact) mass is 277 g/mol. The number of hydrogen-bond donors (Lipinski definition) is 0. The third-order valence-corrected chi connectivity index (χ3v) is 4.66. The predicted molar refractivity (Wildman–Crippen MR) is 65.9 cm³/mol. The second-order valence-corrected chi connectivity index (χ2v) is 6.74. The second kappa shape index (κ2) is 6.29. The molecule has 7 heteroatoms. The summed E-state index contributed by atoms with van der Waals surface area (Å²) in [5, 5.41) is 0. The van der Waals surface area contributed by atoms with Crippen LogP contribution in [0.1, 0.15) is 19.8 Å². The van der Waals surface area contributed by atoms with Gasteiger partial charge in [-0.05, 0) is 13.3 Å². The molecule has 1 amide bonds. The van der Waals surface area contributed by atoms with Gasteiger partial charge in [-0.25, -0.2) is 8.42 Å². The molecule has 0 radical (unpaired) electrons. The van der Waals surface area contributed by atoms with Crippen molar-refractivity contribution in [2.24, 2.45) is 0 Å². The van der Waals surface area contributed by atoms with Gasteiger partial charge in [0.1, 0.15) is 5.78 Å². The maximum atomic E-state index is 11.9. The summed E-state index contributed by atoms with van der Waals surface area (Å²) >= 11 is 0. The van der Waals surface area contributed by atoms with Crippen LogP contribution in [0.15, 0.2) is 0 Å². The van der Waals surface area contributed by atoms with Crippen LogP contribution in [-0.4, -0.2) is 62.8 Å². The van der Waals surface area contributed by atoms with Gasteiger partial charge in [0.25, 0.3) is 0 Å². The molecule has 1 saturated heterocycles. The van der Waals surface area contributed by atoms with Crippen molar-refractivity contribution in [2.45, 2.75) is 25.8 Å². The highest BCUT2D eigenvalue weighted by atomic mass is 32.2. The number of carbonyl (C=O) groups is 2. The fourth-order valence-electron chi connectivity index (χ4n) is 2.04. The van der Waals surface area contributed by atoms with E-state index >= 15 is 0 Å². The Kier molecular flexibility index (Phi) is 5.28. The molecule has 1 heterocycles. The van der Waals surface area contributed by atoms with Gasteiger partial charge in [0.15, 0.2) is 9.84 Å². The quantitative estimate of drug-likeness (QED) is 0.619. The van der Waals surface area contributed by atoms with Crippen molar-refractivity contribution >= 4 is 21.5 Å². The molecule has 0 aliphatic carbocycles. The van der Waals surface area contributed by atoms with E-state index in [9.17, 15) is 18.0 Å². The molecule has 1 aliphatic rings. The number of ketones is 1. The Labute approximate surface area is 107 Å². The molecule has 1 rings (SSSR count). The number of carbonyl (C=O) groups excluding carboxylic acids is 2. The van der Waals surface area contributed by atoms with E-state index in [4.69, 9.17) is 4.74 Å². The molecule has 1 atom stereocenters. The first-order chi connectivity index (χ1) is 8.35. The number of ether oxygens (including phenoxy) is 1. The summed E-state index contributed by atoms with van der Waals surface area (Å²) in [7, 11) is -1.53. The standard InChI is InChI=1S/C11H19NO5S/c1-9(13)7-11(14)12(4-5-17-2)10-3-6-18(15,16)8-10/h10H,3-8H2,1-2H3. The van der Waals surface area contributed by atoms with E-state index in [0.29, 0.717) is 19.6 Å². The molecule has 0 aromatic rings. The number of sulfone groups is 1. The second-order valence-electron chi connectivity index (χ2n) is 4.52. The van der Waals surface area contributed by atoms with Crippen molar-refractivity contribution < 1.29 is 22.7 Å². The molecule has 0 N–H and O–H groups in total. The minimum Gasteiger partial charge on any atom is -0.383 e. The fraction of sp³-hybridized carbons (Fsp3) is 0.818. The van der Waals surface area contributed by atoms with E-state index < -0.39 is 9.84 Å². The normalized spacial score (nSPS) is 21.8. The molecule has 0 aromatic heterocycles. The molecule has 0 spiro atoms. The molecule has 0 saturated carbocycles. The number of Topliss-reactive ketones (excluding diaryl/α,β-unsaturated/α-hetero) is 1. The van der Waals surface area contributed by atoms with Gasteiger partial charge >= 0.3 is 0 Å². The van der Waals surface area contributed by atoms with Crippen LogP contribution in [0.5, 0.6) is 0 Å². The van der Waals surface area contributed by atoms with Crippen LogP contribution >= 0.6 is 0 Å². The third-order valence-electron chi connectivity index (χ3n) is 2.91. The van der Waals surface area contributed by atoms with E-state index in [-0.39, 0.29) is 35.7 Å². The average Bonchev–Trinajstić information content (AvgIpc) is 2.58. The van der Waals surface area contributed by atoms with Crippen molar-refractivity contribution in [3.8, 4) is 0 Å². The van der Waals surface area contributed by atoms with Gasteiger partial charge in [-0.2, -0.15) is 0 Å². The number of methoxy groups -OCH3 is 1. The van der Waals surface area contributed by atoms with Gasteiger partial charge in [-0.15, -0.1) is 0 Å². The Hall–Kier alpha value is -0.950. The van der Waals surface area contributed by atoms with Crippen molar-refractivity contribution in [3.63, 3.8) is 0 Å². The van der Waals surface area contributed by atoms with Crippen molar-refractivity contribution in [1.82, 2.24) is 4.90 Å². The molecule has 6 nitrogen and oxygen atoms in total. The summed E-state index contributed by atoms with van der Waals surface area (Å²) in [4.78, 5) is 24.4. The zero-order valence-electron chi connectivity index (χ0n) is 10.7. The maximum Gasteiger partial charge on any atom is 0.230 e. The first kappa shape index (κ1) is 15.1. The zero-order valence-corrected chi connectivity index (χ0v) is 11.5. The smallest absolute Gasteiger partial charge is 0.230 e. The lowest BCUT2D eigenvalue weighted by Gasteiger charge is -2.27. The molecule has 1 aliphatic heterocycles. The van der Waals surface area contributed by atoms with E-state index in [1.54, 1.807) is 0 Å². The van der Waals surface area contributed by atoms with Crippen molar-refractivity contribution in [3.05, 3.63) is 0 Å². The molecular formula is C11H19NO5S. The molecule has 104 valence electrons. The van der Waals surface area contributed by atoms with Crippen LogP contribution in [0.4, 0.5) is 0 Å². The molecule has 1 fully saturated rings. The highest BCUT2D eigenvalue weighted by Crippen LogP contribution is 2.18. The molecule has 1 unspecified atom stereocenters. The van der Waals surface area contributed by atoms with E-state index in [1.807, 2.05) is 0 Å². The van der Waals surface area contributed by atoms with Gasteiger partial charge in [0, 0.05) is 19.7 Å². The number of nitrogens with zero attached hydrogens (tertiary/aromatic N) is 1. The van der Waals surface area contributed by atoms with Crippen LogP contribution < -0.4 is 0 Å². The van der Waals surface area contributed by atoms with Gasteiger partial charge < -0.3 is 9.64 Å². The Morgan fingerprint density at radius 1 is 1.39 bits per heavy atom. The summed E-state index contributed by atoms with van der Waals surface area (Å²) in [6.07, 6.45) is 0.260. The van der Waals surface area contributed by atoms with Crippen molar-refractivity contribution in [1.29, 1.82) is 0 Å². The topological polar surface area (TPSA) is 80.8 Å². The lowest BCUT2D eigenvalue weighted by molar-refractivity contribution is -0.136. The van der Waals surface area contributed by atoms with E-state index in [0.717, 1.165) is 0 Å². The third kappa shape index (κ3) is 4.38. The Morgan fingerprint density at radius 2 is 2.06 bits per heavy atom. The first-order valence-corrected chi connectivity index (χ1v) is 7.66. The number of amides is 1. The van der Waals surface area contributed by atoms with Gasteiger partial charge in [-0.1, -0.05) is 0 Å². The summed E-state index contributed by atoms with van der Waals surface area (Å²) in [6.45, 7) is 2.00. The molecule has 0 aromatic carbocycles. The zero-order chi connectivity index (χ0) is 13.8. The predicted octanol–water partition coefficient (Wildman–Crippen LogP) is -0.372. The first-order valence-electron chi connectivity index (χ1n) is 5.84. The largest absolute Gasteiger partial charge is 0.383 e. The van der Waals surface area contributed by atoms with Gasteiger partial charge in [-0.3, -0.25) is 9.59 Å². The lowest BCUT2D eigenvalue weighted by atomic mass is 10.2. The van der Waals surface area contributed by atoms with Crippen LogP contribution in [0, 0.1) is 0 Å². The van der Waals surface area contributed by atoms with Gasteiger partial charge in [0.2, 0.25) is 5.91 Å². The maximum absolute atomic E-state index is 11.9. The van der Waals surface area contributed by atoms with Crippen LogP contribution in [0.3, 0.4) is 0 Å². The lowest BCUT2D eigenvalue weighted by Crippen LogP contribution is -2.43. The number of hydrogen-bond acceptors (Lipinski definition) is 5. The summed E-state index contributed by atoms with van der Waals surface area (Å²) in [5.41, 5.74) is 0. The highest BCUT2D eigenvalue weighted by Gasteiger charge is 2.34. The van der Waals surface area contributed by atoms with Gasteiger partial charge in [0.05, 0.1) is 24.5 Å². The SMILES string of the molecule is COCCN(C(=O)CC(C)=O)C1CCS(=O)(=O)C1. The van der Waals surface area contributed by atoms with Crippen molar-refractivity contribution in [2.75, 3.05) is 31.8 Å². The fourth-order valence-corrected chi connectivity index (χ4v) is 3.77. The van der Waals surface area contributed by atoms with Crippen LogP contribution in [-0.2, 0) is 24.2 Å².